The van der Waals surface area contributed by atoms with Crippen LogP contribution in [0, 0.1) is 0 Å². The Kier molecular flexibility index (Phi) is 6.36. The molecule has 116 valence electrons. The van der Waals surface area contributed by atoms with E-state index in [9.17, 15) is 18.0 Å². The first-order valence-corrected chi connectivity index (χ1v) is 8.58. The predicted molar refractivity (Wildman–Crippen MR) is 79.3 cm³/mol. The minimum Gasteiger partial charge on any atom is -0.484 e. The monoisotopic (exact) mass is 313 g/mol. The van der Waals surface area contributed by atoms with Crippen molar-refractivity contribution in [3.05, 3.63) is 29.8 Å². The van der Waals surface area contributed by atoms with Gasteiger partial charge in [0.2, 0.25) is 0 Å². The highest BCUT2D eigenvalue weighted by atomic mass is 32.2. The van der Waals surface area contributed by atoms with Crippen LogP contribution in [0.4, 0.5) is 0 Å². The van der Waals surface area contributed by atoms with Crippen LogP contribution >= 0.6 is 0 Å². The average Bonchev–Trinajstić information content (AvgIpc) is 2.43. The van der Waals surface area contributed by atoms with E-state index in [-0.39, 0.29) is 24.7 Å². The smallest absolute Gasteiger partial charge is 0.257 e. The SMILES string of the molecule is CCC(=O)c1ccc(OCC(=O)NCCS(C)(=O)=O)cc1. The van der Waals surface area contributed by atoms with Crippen molar-refractivity contribution >= 4 is 21.5 Å². The van der Waals surface area contributed by atoms with E-state index < -0.39 is 15.7 Å². The zero-order valence-electron chi connectivity index (χ0n) is 12.1. The molecule has 0 saturated carbocycles. The normalized spacial score (nSPS) is 11.0. The molecule has 21 heavy (non-hydrogen) atoms. The summed E-state index contributed by atoms with van der Waals surface area (Å²) in [6, 6.07) is 6.52. The summed E-state index contributed by atoms with van der Waals surface area (Å²) < 4.78 is 27.0. The molecule has 0 aliphatic heterocycles. The van der Waals surface area contributed by atoms with Crippen molar-refractivity contribution in [1.29, 1.82) is 0 Å². The molecule has 1 amide bonds. The Morgan fingerprint density at radius 2 is 1.81 bits per heavy atom. The maximum absolute atomic E-state index is 11.4. The van der Waals surface area contributed by atoms with Gasteiger partial charge in [0.05, 0.1) is 5.75 Å². The largest absolute Gasteiger partial charge is 0.484 e. The molecule has 1 N–H and O–H groups in total. The number of benzene rings is 1. The van der Waals surface area contributed by atoms with Crippen LogP contribution in [-0.4, -0.2) is 45.3 Å². The second-order valence-corrected chi connectivity index (χ2v) is 6.83. The van der Waals surface area contributed by atoms with E-state index in [2.05, 4.69) is 5.32 Å². The number of rotatable bonds is 8. The Hall–Kier alpha value is -1.89. The highest BCUT2D eigenvalue weighted by Gasteiger charge is 2.07. The first kappa shape index (κ1) is 17.2. The van der Waals surface area contributed by atoms with Crippen LogP contribution in [0.15, 0.2) is 24.3 Å². The van der Waals surface area contributed by atoms with Gasteiger partial charge in [-0.25, -0.2) is 8.42 Å². The molecule has 1 rings (SSSR count). The van der Waals surface area contributed by atoms with Crippen LogP contribution in [0.1, 0.15) is 23.7 Å². The summed E-state index contributed by atoms with van der Waals surface area (Å²) in [5.74, 6) is 0.0142. The van der Waals surface area contributed by atoms with Gasteiger partial charge < -0.3 is 10.1 Å². The van der Waals surface area contributed by atoms with E-state index in [0.29, 0.717) is 17.7 Å². The Bertz CT molecular complexity index is 592. The Morgan fingerprint density at radius 1 is 1.19 bits per heavy atom. The lowest BCUT2D eigenvalue weighted by Crippen LogP contribution is -2.32. The van der Waals surface area contributed by atoms with E-state index in [1.165, 1.54) is 0 Å². The number of hydrogen-bond acceptors (Lipinski definition) is 5. The molecule has 6 nitrogen and oxygen atoms in total. The first-order valence-electron chi connectivity index (χ1n) is 6.52. The molecule has 0 heterocycles. The van der Waals surface area contributed by atoms with Crippen LogP contribution < -0.4 is 10.1 Å². The summed E-state index contributed by atoms with van der Waals surface area (Å²) in [5, 5.41) is 2.45. The van der Waals surface area contributed by atoms with Gasteiger partial charge in [-0.3, -0.25) is 9.59 Å². The van der Waals surface area contributed by atoms with E-state index in [1.54, 1.807) is 31.2 Å². The fraction of sp³-hybridized carbons (Fsp3) is 0.429. The number of ketones is 1. The number of Topliss-reactive ketones (excluding diaryl/α,β-unsaturated/α-hetero) is 1. The molecule has 0 saturated heterocycles. The van der Waals surface area contributed by atoms with Crippen LogP contribution in [0.25, 0.3) is 0 Å². The Labute approximate surface area is 124 Å². The van der Waals surface area contributed by atoms with Crippen molar-refractivity contribution in [1.82, 2.24) is 5.32 Å². The molecule has 0 unspecified atom stereocenters. The number of sulfone groups is 1. The molecule has 0 spiro atoms. The van der Waals surface area contributed by atoms with Gasteiger partial charge in [0.15, 0.2) is 12.4 Å². The second-order valence-electron chi connectivity index (χ2n) is 4.57. The molecule has 0 fully saturated rings. The molecule has 1 aromatic carbocycles. The Balaban J connectivity index is 2.38. The van der Waals surface area contributed by atoms with Gasteiger partial charge in [-0.05, 0) is 24.3 Å². The molecule has 0 radical (unpaired) electrons. The van der Waals surface area contributed by atoms with E-state index in [1.807, 2.05) is 0 Å². The van der Waals surface area contributed by atoms with Crippen LogP contribution in [0.2, 0.25) is 0 Å². The molecular formula is C14H19NO5S. The lowest BCUT2D eigenvalue weighted by molar-refractivity contribution is -0.122. The fourth-order valence-electron chi connectivity index (χ4n) is 1.52. The molecule has 0 atom stereocenters. The fourth-order valence-corrected chi connectivity index (χ4v) is 1.99. The topological polar surface area (TPSA) is 89.5 Å². The van der Waals surface area contributed by atoms with Crippen molar-refractivity contribution in [2.24, 2.45) is 0 Å². The highest BCUT2D eigenvalue weighted by molar-refractivity contribution is 7.90. The highest BCUT2D eigenvalue weighted by Crippen LogP contribution is 2.13. The molecule has 0 aliphatic carbocycles. The third kappa shape index (κ3) is 6.89. The van der Waals surface area contributed by atoms with Crippen molar-refractivity contribution in [3.63, 3.8) is 0 Å². The summed E-state index contributed by atoms with van der Waals surface area (Å²) in [4.78, 5) is 22.9. The number of amides is 1. The lowest BCUT2D eigenvalue weighted by atomic mass is 10.1. The zero-order valence-corrected chi connectivity index (χ0v) is 12.9. The zero-order chi connectivity index (χ0) is 15.9. The average molecular weight is 313 g/mol. The van der Waals surface area contributed by atoms with Gasteiger partial charge in [0.1, 0.15) is 15.6 Å². The van der Waals surface area contributed by atoms with Crippen molar-refractivity contribution in [2.75, 3.05) is 25.2 Å². The maximum atomic E-state index is 11.4. The van der Waals surface area contributed by atoms with Gasteiger partial charge in [0.25, 0.3) is 5.91 Å². The minimum absolute atomic E-state index is 0.0417. The first-order chi connectivity index (χ1) is 9.81. The molecule has 1 aromatic rings. The van der Waals surface area contributed by atoms with E-state index in [4.69, 9.17) is 4.74 Å². The molecule has 0 aliphatic rings. The molecule has 0 aromatic heterocycles. The lowest BCUT2D eigenvalue weighted by Gasteiger charge is -2.07. The number of nitrogens with one attached hydrogen (secondary N) is 1. The summed E-state index contributed by atoms with van der Waals surface area (Å²) >= 11 is 0. The van der Waals surface area contributed by atoms with Crippen molar-refractivity contribution < 1.29 is 22.7 Å². The standard InChI is InChI=1S/C14H19NO5S/c1-3-13(16)11-4-6-12(7-5-11)20-10-14(17)15-8-9-21(2,18)19/h4-7H,3,8-10H2,1-2H3,(H,15,17). The third-order valence-electron chi connectivity index (χ3n) is 2.66. The second kappa shape index (κ2) is 7.78. The third-order valence-corrected chi connectivity index (χ3v) is 3.61. The van der Waals surface area contributed by atoms with Gasteiger partial charge >= 0.3 is 0 Å². The Morgan fingerprint density at radius 3 is 2.33 bits per heavy atom. The van der Waals surface area contributed by atoms with Crippen LogP contribution in [0.5, 0.6) is 5.75 Å². The van der Waals surface area contributed by atoms with Crippen molar-refractivity contribution in [3.8, 4) is 5.75 Å². The van der Waals surface area contributed by atoms with Gasteiger partial charge in [-0.2, -0.15) is 0 Å². The number of hydrogen-bond donors (Lipinski definition) is 1. The molecule has 0 bridgehead atoms. The summed E-state index contributed by atoms with van der Waals surface area (Å²) in [6.07, 6.45) is 1.54. The molecule has 7 heteroatoms. The van der Waals surface area contributed by atoms with Gasteiger partial charge in [-0.1, -0.05) is 6.92 Å². The van der Waals surface area contributed by atoms with Gasteiger partial charge in [0, 0.05) is 24.8 Å². The maximum Gasteiger partial charge on any atom is 0.257 e. The van der Waals surface area contributed by atoms with Crippen LogP contribution in [-0.2, 0) is 14.6 Å². The minimum atomic E-state index is -3.09. The number of carbonyl (C=O) groups excluding carboxylic acids is 2. The van der Waals surface area contributed by atoms with Crippen LogP contribution in [0.3, 0.4) is 0 Å². The van der Waals surface area contributed by atoms with Crippen molar-refractivity contribution in [2.45, 2.75) is 13.3 Å². The van der Waals surface area contributed by atoms with Gasteiger partial charge in [-0.15, -0.1) is 0 Å². The van der Waals surface area contributed by atoms with E-state index >= 15 is 0 Å². The quantitative estimate of drug-likeness (QED) is 0.718. The number of ether oxygens (including phenoxy) is 1. The summed E-state index contributed by atoms with van der Waals surface area (Å²) in [6.45, 7) is 1.64. The summed E-state index contributed by atoms with van der Waals surface area (Å²) in [5.41, 5.74) is 0.599. The summed E-state index contributed by atoms with van der Waals surface area (Å²) in [7, 11) is -3.09. The molecular weight excluding hydrogens is 294 g/mol. The number of carbonyl (C=O) groups is 2. The predicted octanol–water partition coefficient (Wildman–Crippen LogP) is 0.819. The van der Waals surface area contributed by atoms with E-state index in [0.717, 1.165) is 6.26 Å².